The average molecular weight is 907 g/mol. The van der Waals surface area contributed by atoms with Crippen LogP contribution in [0, 0.1) is 5.82 Å². The second kappa shape index (κ2) is 15.3. The van der Waals surface area contributed by atoms with Crippen LogP contribution in [0.3, 0.4) is 0 Å². The third-order valence-electron chi connectivity index (χ3n) is 14.7. The van der Waals surface area contributed by atoms with Crippen LogP contribution in [0.15, 0.2) is 237 Å². The van der Waals surface area contributed by atoms with Crippen LogP contribution in [0.2, 0.25) is 0 Å². The van der Waals surface area contributed by atoms with Gasteiger partial charge in [0.1, 0.15) is 5.82 Å². The van der Waals surface area contributed by atoms with Crippen molar-refractivity contribution in [3.8, 4) is 11.3 Å². The number of aromatic nitrogens is 2. The van der Waals surface area contributed by atoms with Crippen molar-refractivity contribution in [1.82, 2.24) is 9.97 Å². The maximum atomic E-state index is 14.4. The Morgan fingerprint density at radius 2 is 0.761 bits per heavy atom. The predicted octanol–water partition coefficient (Wildman–Crippen LogP) is 18.5. The summed E-state index contributed by atoms with van der Waals surface area (Å²) in [4.78, 5) is 15.6. The third kappa shape index (κ3) is 6.03. The number of anilines is 6. The molecule has 0 aliphatic carbocycles. The summed E-state index contributed by atoms with van der Waals surface area (Å²) in [6.07, 6.45) is 1.83. The van der Waals surface area contributed by atoms with Gasteiger partial charge in [0.05, 0.1) is 34.3 Å². The number of benzene rings is 14. The Morgan fingerprint density at radius 1 is 0.310 bits per heavy atom. The van der Waals surface area contributed by atoms with Crippen LogP contribution in [0.1, 0.15) is 0 Å². The maximum Gasteiger partial charge on any atom is 0.123 e. The highest BCUT2D eigenvalue weighted by atomic mass is 19.1. The third-order valence-corrected chi connectivity index (χ3v) is 14.7. The lowest BCUT2D eigenvalue weighted by Gasteiger charge is -2.29. The summed E-state index contributed by atoms with van der Waals surface area (Å²) in [5, 5.41) is 18.8. The first-order valence-corrected chi connectivity index (χ1v) is 24.1. The molecule has 1 heterocycles. The highest BCUT2D eigenvalue weighted by molar-refractivity contribution is 6.29. The van der Waals surface area contributed by atoms with Crippen LogP contribution < -0.4 is 9.80 Å². The van der Waals surface area contributed by atoms with Crippen molar-refractivity contribution in [1.29, 1.82) is 0 Å². The number of hydrogen-bond acceptors (Lipinski definition) is 4. The number of nitrogens with zero attached hydrogens (tertiary/aromatic N) is 4. The second-order valence-corrected chi connectivity index (χ2v) is 18.6. The molecule has 0 amide bonds. The summed E-state index contributed by atoms with van der Waals surface area (Å²) in [6, 6.07) is 81.4. The van der Waals surface area contributed by atoms with E-state index in [0.717, 1.165) is 72.3 Å². The topological polar surface area (TPSA) is 32.3 Å². The summed E-state index contributed by atoms with van der Waals surface area (Å²) in [6.45, 7) is 0. The summed E-state index contributed by atoms with van der Waals surface area (Å²) < 4.78 is 14.4. The van der Waals surface area contributed by atoms with E-state index in [4.69, 9.17) is 9.97 Å². The molecule has 0 radical (unpaired) electrons. The molecule has 0 unspecified atom stereocenters. The van der Waals surface area contributed by atoms with Gasteiger partial charge < -0.3 is 9.80 Å². The largest absolute Gasteiger partial charge is 0.310 e. The van der Waals surface area contributed by atoms with E-state index < -0.39 is 0 Å². The van der Waals surface area contributed by atoms with Crippen LogP contribution in [0.4, 0.5) is 38.5 Å². The average Bonchev–Trinajstić information content (AvgIpc) is 3.43. The summed E-state index contributed by atoms with van der Waals surface area (Å²) >= 11 is 0. The van der Waals surface area contributed by atoms with Crippen molar-refractivity contribution in [3.63, 3.8) is 0 Å². The highest BCUT2D eigenvalue weighted by Gasteiger charge is 2.24. The van der Waals surface area contributed by atoms with E-state index in [9.17, 15) is 4.39 Å². The molecule has 15 rings (SSSR count). The van der Waals surface area contributed by atoms with E-state index in [-0.39, 0.29) is 5.82 Å². The fraction of sp³-hybridized carbons (Fsp3) is 0. The Hall–Kier alpha value is -9.45. The SMILES string of the molecule is Fc1ccc(-c2cnc3c4cc(N(c5ccccc5)c5cc6cccc7ccc8cccc5c8c76)ccc4c4ccc(N(c5ccccc5)c5cc6cccc7ccc8cccc5c8c76)cc4c3n2)cc1. The van der Waals surface area contributed by atoms with Crippen LogP contribution >= 0.6 is 0 Å². The highest BCUT2D eigenvalue weighted by Crippen LogP contribution is 2.49. The molecule has 5 heteroatoms. The molecule has 0 spiro atoms. The molecule has 1 aromatic heterocycles. The van der Waals surface area contributed by atoms with Gasteiger partial charge in [-0.3, -0.25) is 4.98 Å². The first-order chi connectivity index (χ1) is 35.1. The zero-order valence-electron chi connectivity index (χ0n) is 38.2. The first kappa shape index (κ1) is 39.5. The van der Waals surface area contributed by atoms with Crippen molar-refractivity contribution in [3.05, 3.63) is 243 Å². The quantitative estimate of drug-likeness (QED) is 0.149. The van der Waals surface area contributed by atoms with Gasteiger partial charge in [-0.05, 0) is 150 Å². The van der Waals surface area contributed by atoms with E-state index in [1.165, 1.54) is 76.8 Å². The lowest BCUT2D eigenvalue weighted by atomic mass is 9.92. The molecule has 0 aliphatic heterocycles. The summed E-state index contributed by atoms with van der Waals surface area (Å²) in [7, 11) is 0. The Balaban J connectivity index is 0.999. The molecule has 71 heavy (non-hydrogen) atoms. The minimum Gasteiger partial charge on any atom is -0.310 e. The Bertz CT molecular complexity index is 4590. The van der Waals surface area contributed by atoms with Crippen molar-refractivity contribution < 1.29 is 4.39 Å². The number of hydrogen-bond donors (Lipinski definition) is 0. The van der Waals surface area contributed by atoms with Crippen molar-refractivity contribution in [2.75, 3.05) is 9.80 Å². The van der Waals surface area contributed by atoms with Crippen molar-refractivity contribution >= 4 is 131 Å². The number of rotatable bonds is 7. The maximum absolute atomic E-state index is 14.4. The van der Waals surface area contributed by atoms with Crippen LogP contribution in [0.25, 0.3) is 108 Å². The van der Waals surface area contributed by atoms with Gasteiger partial charge in [0.2, 0.25) is 0 Å². The Kier molecular flexibility index (Phi) is 8.51. The number of halogens is 1. The molecule has 15 aromatic rings. The summed E-state index contributed by atoms with van der Waals surface area (Å²) in [5.74, 6) is -0.295. The van der Waals surface area contributed by atoms with Gasteiger partial charge in [-0.15, -0.1) is 0 Å². The van der Waals surface area contributed by atoms with E-state index in [1.54, 1.807) is 12.1 Å². The van der Waals surface area contributed by atoms with Gasteiger partial charge in [0.15, 0.2) is 0 Å². The zero-order valence-corrected chi connectivity index (χ0v) is 38.2. The van der Waals surface area contributed by atoms with E-state index >= 15 is 0 Å². The fourth-order valence-corrected chi connectivity index (χ4v) is 11.6. The minimum atomic E-state index is -0.295. The van der Waals surface area contributed by atoms with Crippen molar-refractivity contribution in [2.45, 2.75) is 0 Å². The minimum absolute atomic E-state index is 0.295. The zero-order chi connectivity index (χ0) is 46.7. The molecule has 0 N–H and O–H groups in total. The molecule has 0 saturated carbocycles. The normalized spacial score (nSPS) is 12.0. The molecule has 4 nitrogen and oxygen atoms in total. The first-order valence-electron chi connectivity index (χ1n) is 24.1. The van der Waals surface area contributed by atoms with Gasteiger partial charge in [0.25, 0.3) is 0 Å². The van der Waals surface area contributed by atoms with Gasteiger partial charge in [-0.1, -0.05) is 146 Å². The Labute approximate surface area is 407 Å². The molecule has 0 saturated heterocycles. The second-order valence-electron chi connectivity index (χ2n) is 18.6. The van der Waals surface area contributed by atoms with E-state index in [1.807, 2.05) is 6.20 Å². The van der Waals surface area contributed by atoms with Crippen LogP contribution in [-0.4, -0.2) is 9.97 Å². The molecule has 14 aromatic carbocycles. The van der Waals surface area contributed by atoms with Crippen LogP contribution in [0.5, 0.6) is 0 Å². The van der Waals surface area contributed by atoms with Gasteiger partial charge in [0, 0.05) is 49.9 Å². The summed E-state index contributed by atoms with van der Waals surface area (Å²) in [5.41, 5.74) is 9.30. The molecule has 0 atom stereocenters. The molecule has 330 valence electrons. The van der Waals surface area contributed by atoms with Crippen molar-refractivity contribution in [2.24, 2.45) is 0 Å². The predicted molar refractivity (Wildman–Crippen MR) is 297 cm³/mol. The standard InChI is InChI=1S/C66H39FN4/c67-47-29-27-40(28-30-47)58-39-68-65-56-37-50(70(48-17-3-1-4-18-48)59-35-45-15-7-11-41-23-25-43-13-9-21-54(59)63(43)61(41)45)31-33-52(56)53-34-32-51(38-57(53)66(65)69-58)71(49-19-5-2-6-20-49)60-36-46-16-8-12-42-24-26-44-14-10-22-55(60)64(44)62(42)46/h1-39H. The molecule has 0 aliphatic rings. The fourth-order valence-electron chi connectivity index (χ4n) is 11.6. The molecular formula is C66H39FN4. The van der Waals surface area contributed by atoms with Gasteiger partial charge in [-0.25, -0.2) is 9.37 Å². The molecule has 0 fully saturated rings. The van der Waals surface area contributed by atoms with Gasteiger partial charge in [-0.2, -0.15) is 0 Å². The van der Waals surface area contributed by atoms with E-state index in [0.29, 0.717) is 5.69 Å². The lowest BCUT2D eigenvalue weighted by molar-refractivity contribution is 0.628. The number of para-hydroxylation sites is 2. The monoisotopic (exact) mass is 906 g/mol. The Morgan fingerprint density at radius 3 is 1.27 bits per heavy atom. The lowest BCUT2D eigenvalue weighted by Crippen LogP contribution is -2.11. The van der Waals surface area contributed by atoms with Gasteiger partial charge >= 0.3 is 0 Å². The molecular weight excluding hydrogens is 868 g/mol. The number of fused-ring (bicyclic) bond motifs is 6. The smallest absolute Gasteiger partial charge is 0.123 e. The van der Waals surface area contributed by atoms with E-state index in [2.05, 4.69) is 216 Å². The molecule has 0 bridgehead atoms. The van der Waals surface area contributed by atoms with Crippen LogP contribution in [-0.2, 0) is 0 Å².